The average molecular weight is 569 g/mol. The molecule has 1 unspecified atom stereocenters. The van der Waals surface area contributed by atoms with E-state index < -0.39 is 17.0 Å². The Hall–Kier alpha value is -3.60. The van der Waals surface area contributed by atoms with Crippen LogP contribution in [0.1, 0.15) is 62.9 Å². The molecule has 2 amide bonds. The summed E-state index contributed by atoms with van der Waals surface area (Å²) in [6.07, 6.45) is 7.36. The van der Waals surface area contributed by atoms with Gasteiger partial charge in [-0.25, -0.2) is 9.97 Å². The Bertz CT molecular complexity index is 1430. The SMILES string of the molecule is Cc1oc(C)c(-c2nc(N(C)C(=O)C(CC(=O)O)CC3CCCC3)sc2F)c1-c1ccc(N2CCCC2=O)nc1. The molecular weight excluding hydrogens is 535 g/mol. The zero-order valence-corrected chi connectivity index (χ0v) is 23.7. The number of rotatable bonds is 9. The van der Waals surface area contributed by atoms with Crippen LogP contribution in [0.25, 0.3) is 22.4 Å². The van der Waals surface area contributed by atoms with Crippen molar-refractivity contribution >= 4 is 40.1 Å². The summed E-state index contributed by atoms with van der Waals surface area (Å²) >= 11 is 0.744. The summed E-state index contributed by atoms with van der Waals surface area (Å²) in [4.78, 5) is 49.0. The molecule has 11 heteroatoms. The maximum Gasteiger partial charge on any atom is 0.304 e. The first-order valence-electron chi connectivity index (χ1n) is 13.7. The summed E-state index contributed by atoms with van der Waals surface area (Å²) in [5.41, 5.74) is 1.86. The highest BCUT2D eigenvalue weighted by Gasteiger charge is 2.32. The summed E-state index contributed by atoms with van der Waals surface area (Å²) < 4.78 is 21.4. The molecule has 0 radical (unpaired) electrons. The van der Waals surface area contributed by atoms with E-state index >= 15 is 4.39 Å². The van der Waals surface area contributed by atoms with Crippen molar-refractivity contribution in [2.24, 2.45) is 11.8 Å². The quantitative estimate of drug-likeness (QED) is 0.337. The van der Waals surface area contributed by atoms with Gasteiger partial charge in [0.05, 0.1) is 12.0 Å². The second kappa shape index (κ2) is 11.5. The first kappa shape index (κ1) is 27.9. The molecule has 2 fully saturated rings. The highest BCUT2D eigenvalue weighted by atomic mass is 32.1. The van der Waals surface area contributed by atoms with E-state index in [1.807, 2.05) is 6.07 Å². The monoisotopic (exact) mass is 568 g/mol. The lowest BCUT2D eigenvalue weighted by molar-refractivity contribution is -0.140. The summed E-state index contributed by atoms with van der Waals surface area (Å²) in [5.74, 6) is -0.113. The van der Waals surface area contributed by atoms with Gasteiger partial charge in [-0.1, -0.05) is 37.0 Å². The summed E-state index contributed by atoms with van der Waals surface area (Å²) in [5, 5.41) is 9.03. The molecule has 2 aliphatic rings. The zero-order chi connectivity index (χ0) is 28.6. The predicted molar refractivity (Wildman–Crippen MR) is 150 cm³/mol. The summed E-state index contributed by atoms with van der Waals surface area (Å²) in [6, 6.07) is 3.60. The predicted octanol–water partition coefficient (Wildman–Crippen LogP) is 5.98. The zero-order valence-electron chi connectivity index (χ0n) is 22.9. The minimum absolute atomic E-state index is 0.0425. The van der Waals surface area contributed by atoms with Gasteiger partial charge < -0.3 is 9.52 Å². The van der Waals surface area contributed by atoms with Crippen molar-refractivity contribution in [1.82, 2.24) is 9.97 Å². The van der Waals surface area contributed by atoms with Crippen LogP contribution in [0.3, 0.4) is 0 Å². The number of anilines is 2. The average Bonchev–Trinajstić information content (AvgIpc) is 3.71. The number of hydrogen-bond acceptors (Lipinski definition) is 7. The smallest absolute Gasteiger partial charge is 0.304 e. The topological polar surface area (TPSA) is 117 Å². The van der Waals surface area contributed by atoms with E-state index in [0.29, 0.717) is 59.3 Å². The largest absolute Gasteiger partial charge is 0.481 e. The van der Waals surface area contributed by atoms with Crippen LogP contribution in [-0.4, -0.2) is 46.5 Å². The Labute approximate surface area is 236 Å². The van der Waals surface area contributed by atoms with E-state index in [1.54, 1.807) is 31.0 Å². The number of carboxylic acids is 1. The van der Waals surface area contributed by atoms with Crippen LogP contribution in [0.2, 0.25) is 0 Å². The molecular formula is C29H33FN4O5S. The Morgan fingerprint density at radius 3 is 2.55 bits per heavy atom. The van der Waals surface area contributed by atoms with Crippen molar-refractivity contribution in [3.63, 3.8) is 0 Å². The van der Waals surface area contributed by atoms with Crippen LogP contribution < -0.4 is 9.80 Å². The number of aromatic nitrogens is 2. The van der Waals surface area contributed by atoms with Crippen molar-refractivity contribution in [1.29, 1.82) is 0 Å². The van der Waals surface area contributed by atoms with E-state index in [-0.39, 0.29) is 29.1 Å². The Morgan fingerprint density at radius 2 is 1.93 bits per heavy atom. The molecule has 4 heterocycles. The van der Waals surface area contributed by atoms with Gasteiger partial charge in [-0.2, -0.15) is 4.39 Å². The first-order chi connectivity index (χ1) is 19.1. The lowest BCUT2D eigenvalue weighted by Gasteiger charge is -2.23. The molecule has 40 heavy (non-hydrogen) atoms. The third-order valence-electron chi connectivity index (χ3n) is 7.94. The molecule has 3 aromatic rings. The number of furan rings is 1. The minimum atomic E-state index is -1.03. The maximum atomic E-state index is 15.5. The first-order valence-corrected chi connectivity index (χ1v) is 14.5. The van der Waals surface area contributed by atoms with E-state index in [1.165, 1.54) is 11.9 Å². The molecule has 1 atom stereocenters. The van der Waals surface area contributed by atoms with Gasteiger partial charge in [0, 0.05) is 43.3 Å². The van der Waals surface area contributed by atoms with Crippen molar-refractivity contribution in [3.05, 3.63) is 35.0 Å². The third kappa shape index (κ3) is 5.52. The summed E-state index contributed by atoms with van der Waals surface area (Å²) in [6.45, 7) is 4.14. The fraction of sp³-hybridized carbons (Fsp3) is 0.483. The van der Waals surface area contributed by atoms with E-state index in [9.17, 15) is 19.5 Å². The van der Waals surface area contributed by atoms with Gasteiger partial charge in [0.1, 0.15) is 23.0 Å². The molecule has 0 bridgehead atoms. The van der Waals surface area contributed by atoms with E-state index in [0.717, 1.165) is 43.4 Å². The molecule has 3 aromatic heterocycles. The molecule has 1 N–H and O–H groups in total. The number of aryl methyl sites for hydroxylation is 2. The standard InChI is InChI=1S/C29H33FN4O5S/c1-16-24(19-10-11-21(31-15-19)34-12-6-9-22(34)35)25(17(2)39-16)26-27(30)40-29(32-26)33(3)28(38)20(14-23(36)37)13-18-7-4-5-8-18/h10-11,15,18,20H,4-9,12-14H2,1-3H3,(H,36,37). The maximum absolute atomic E-state index is 15.5. The molecule has 1 saturated carbocycles. The minimum Gasteiger partial charge on any atom is -0.481 e. The van der Waals surface area contributed by atoms with Gasteiger partial charge >= 0.3 is 5.97 Å². The van der Waals surface area contributed by atoms with Crippen molar-refractivity contribution < 1.29 is 28.3 Å². The molecule has 5 rings (SSSR count). The van der Waals surface area contributed by atoms with Crippen molar-refractivity contribution in [2.45, 2.75) is 65.2 Å². The van der Waals surface area contributed by atoms with E-state index in [4.69, 9.17) is 4.42 Å². The Balaban J connectivity index is 1.43. The highest BCUT2D eigenvalue weighted by Crippen LogP contribution is 2.43. The number of aliphatic carboxylic acids is 1. The lowest BCUT2D eigenvalue weighted by Crippen LogP contribution is -2.35. The number of pyridine rings is 1. The Morgan fingerprint density at radius 1 is 1.20 bits per heavy atom. The number of amides is 2. The fourth-order valence-electron chi connectivity index (χ4n) is 5.99. The van der Waals surface area contributed by atoms with Gasteiger partial charge in [-0.15, -0.1) is 0 Å². The van der Waals surface area contributed by atoms with Crippen molar-refractivity contribution in [2.75, 3.05) is 23.4 Å². The van der Waals surface area contributed by atoms with Gasteiger partial charge in [0.25, 0.3) is 0 Å². The molecule has 0 aromatic carbocycles. The number of thiazole rings is 1. The number of carbonyl (C=O) groups is 3. The van der Waals surface area contributed by atoms with Crippen molar-refractivity contribution in [3.8, 4) is 22.4 Å². The van der Waals surface area contributed by atoms with Gasteiger partial charge in [0.2, 0.25) is 16.9 Å². The second-order valence-electron chi connectivity index (χ2n) is 10.7. The van der Waals surface area contributed by atoms with Crippen LogP contribution in [0, 0.1) is 30.8 Å². The van der Waals surface area contributed by atoms with Gasteiger partial charge in [-0.3, -0.25) is 24.2 Å². The van der Waals surface area contributed by atoms with Crippen LogP contribution in [0.4, 0.5) is 15.3 Å². The number of hydrogen-bond donors (Lipinski definition) is 1. The molecule has 1 saturated heterocycles. The normalized spacial score (nSPS) is 16.6. The van der Waals surface area contributed by atoms with Crippen LogP contribution in [0.15, 0.2) is 22.7 Å². The number of halogens is 1. The lowest BCUT2D eigenvalue weighted by atomic mass is 9.90. The van der Waals surface area contributed by atoms with Crippen LogP contribution in [-0.2, 0) is 14.4 Å². The summed E-state index contributed by atoms with van der Waals surface area (Å²) in [7, 11) is 1.52. The molecule has 9 nitrogen and oxygen atoms in total. The molecule has 1 aliphatic carbocycles. The number of nitrogens with zero attached hydrogens (tertiary/aromatic N) is 4. The van der Waals surface area contributed by atoms with Gasteiger partial charge in [0.15, 0.2) is 5.13 Å². The highest BCUT2D eigenvalue weighted by molar-refractivity contribution is 7.14. The Kier molecular flexibility index (Phi) is 8.02. The number of carbonyl (C=O) groups excluding carboxylic acids is 2. The van der Waals surface area contributed by atoms with Gasteiger partial charge in [-0.05, 0) is 44.7 Å². The molecule has 0 spiro atoms. The molecule has 1 aliphatic heterocycles. The van der Waals surface area contributed by atoms with E-state index in [2.05, 4.69) is 9.97 Å². The second-order valence-corrected chi connectivity index (χ2v) is 11.6. The fourth-order valence-corrected chi connectivity index (χ4v) is 6.76. The van der Waals surface area contributed by atoms with Crippen LogP contribution in [0.5, 0.6) is 0 Å². The molecule has 212 valence electrons. The number of carboxylic acid groups (broad SMARTS) is 1. The third-order valence-corrected chi connectivity index (χ3v) is 8.86. The van der Waals surface area contributed by atoms with Crippen LogP contribution >= 0.6 is 11.3 Å².